The Kier molecular flexibility index (Phi) is 3.13. The van der Waals surface area contributed by atoms with E-state index in [0.717, 1.165) is 6.42 Å². The first-order chi connectivity index (χ1) is 8.35. The van der Waals surface area contributed by atoms with Crippen LogP contribution >= 0.6 is 0 Å². The summed E-state index contributed by atoms with van der Waals surface area (Å²) in [5.41, 5.74) is 0.447. The number of pyridine rings is 1. The van der Waals surface area contributed by atoms with Gasteiger partial charge in [-0.05, 0) is 29.9 Å². The molecule has 1 heterocycles. The number of hydrogen-bond acceptors (Lipinski definition) is 4. The predicted octanol–water partition coefficient (Wildman–Crippen LogP) is 1.28. The van der Waals surface area contributed by atoms with Gasteiger partial charge >= 0.3 is 0 Å². The number of nitrogens with one attached hydrogen (secondary N) is 1. The molecule has 0 bridgehead atoms. The van der Waals surface area contributed by atoms with Crippen LogP contribution < -0.4 is 4.72 Å². The van der Waals surface area contributed by atoms with Gasteiger partial charge in [-0.25, -0.2) is 18.1 Å². The molecule has 0 saturated heterocycles. The minimum Gasteiger partial charge on any atom is -0.244 e. The molecule has 1 unspecified atom stereocenters. The minimum atomic E-state index is -3.51. The molecule has 6 heteroatoms. The Labute approximate surface area is 107 Å². The van der Waals surface area contributed by atoms with E-state index in [1.807, 2.05) is 6.07 Å². The maximum Gasteiger partial charge on any atom is 0.242 e. The van der Waals surface area contributed by atoms with E-state index in [1.54, 1.807) is 0 Å². The molecule has 1 atom stereocenters. The van der Waals surface area contributed by atoms with Crippen molar-refractivity contribution in [2.75, 3.05) is 6.54 Å². The van der Waals surface area contributed by atoms with E-state index in [0.29, 0.717) is 12.5 Å². The SMILES string of the molecule is CC1(C)CC1CNS(=O)(=O)c1ccc(C#N)nc1. The smallest absolute Gasteiger partial charge is 0.242 e. The Morgan fingerprint density at radius 1 is 1.56 bits per heavy atom. The van der Waals surface area contributed by atoms with Crippen molar-refractivity contribution in [1.29, 1.82) is 5.26 Å². The van der Waals surface area contributed by atoms with Gasteiger partial charge in [0.15, 0.2) is 0 Å². The van der Waals surface area contributed by atoms with Gasteiger partial charge in [0.2, 0.25) is 10.0 Å². The summed E-state index contributed by atoms with van der Waals surface area (Å²) < 4.78 is 26.5. The van der Waals surface area contributed by atoms with Crippen LogP contribution in [0, 0.1) is 22.7 Å². The average molecular weight is 265 g/mol. The lowest BCUT2D eigenvalue weighted by atomic mass is 10.1. The van der Waals surface area contributed by atoms with Crippen molar-refractivity contribution in [2.24, 2.45) is 11.3 Å². The third-order valence-electron chi connectivity index (χ3n) is 3.40. The van der Waals surface area contributed by atoms with Crippen LogP contribution in [0.5, 0.6) is 0 Å². The van der Waals surface area contributed by atoms with Crippen LogP contribution in [0.3, 0.4) is 0 Å². The molecule has 0 spiro atoms. The van der Waals surface area contributed by atoms with Crippen LogP contribution in [0.15, 0.2) is 23.2 Å². The van der Waals surface area contributed by atoms with Crippen molar-refractivity contribution < 1.29 is 8.42 Å². The number of aromatic nitrogens is 1. The van der Waals surface area contributed by atoms with Gasteiger partial charge in [-0.15, -0.1) is 0 Å². The molecule has 1 aliphatic carbocycles. The number of rotatable bonds is 4. The van der Waals surface area contributed by atoms with Crippen molar-refractivity contribution in [2.45, 2.75) is 25.2 Å². The maximum absolute atomic E-state index is 11.9. The lowest BCUT2D eigenvalue weighted by Gasteiger charge is -2.07. The first kappa shape index (κ1) is 13.0. The summed E-state index contributed by atoms with van der Waals surface area (Å²) in [6, 6.07) is 4.64. The van der Waals surface area contributed by atoms with Gasteiger partial charge < -0.3 is 0 Å². The van der Waals surface area contributed by atoms with Crippen molar-refractivity contribution in [3.05, 3.63) is 24.0 Å². The molecule has 18 heavy (non-hydrogen) atoms. The topological polar surface area (TPSA) is 82.9 Å². The summed E-state index contributed by atoms with van der Waals surface area (Å²) >= 11 is 0. The highest BCUT2D eigenvalue weighted by molar-refractivity contribution is 7.89. The second-order valence-electron chi connectivity index (χ2n) is 5.23. The molecule has 0 aromatic carbocycles. The highest BCUT2D eigenvalue weighted by atomic mass is 32.2. The van der Waals surface area contributed by atoms with Crippen molar-refractivity contribution >= 4 is 10.0 Å². The molecule has 0 amide bonds. The number of nitriles is 1. The highest BCUT2D eigenvalue weighted by Gasteiger charge is 2.45. The zero-order chi connectivity index (χ0) is 13.4. The van der Waals surface area contributed by atoms with Gasteiger partial charge in [-0.3, -0.25) is 0 Å². The lowest BCUT2D eigenvalue weighted by Crippen LogP contribution is -2.27. The molecule has 0 radical (unpaired) electrons. The van der Waals surface area contributed by atoms with E-state index >= 15 is 0 Å². The fourth-order valence-electron chi connectivity index (χ4n) is 1.82. The normalized spacial score (nSPS) is 21.3. The Balaban J connectivity index is 2.04. The summed E-state index contributed by atoms with van der Waals surface area (Å²) in [5, 5.41) is 8.60. The largest absolute Gasteiger partial charge is 0.244 e. The fraction of sp³-hybridized carbons (Fsp3) is 0.500. The number of hydrogen-bond donors (Lipinski definition) is 1. The Morgan fingerprint density at radius 3 is 2.67 bits per heavy atom. The molecule has 5 nitrogen and oxygen atoms in total. The molecular formula is C12H15N3O2S. The van der Waals surface area contributed by atoms with Gasteiger partial charge in [0.25, 0.3) is 0 Å². The molecule has 1 aliphatic rings. The molecule has 1 fully saturated rings. The molecule has 2 rings (SSSR count). The zero-order valence-electron chi connectivity index (χ0n) is 10.3. The van der Waals surface area contributed by atoms with Crippen molar-refractivity contribution in [3.63, 3.8) is 0 Å². The molecule has 1 aromatic heterocycles. The first-order valence-electron chi connectivity index (χ1n) is 5.71. The average Bonchev–Trinajstić information content (AvgIpc) is 2.95. The second-order valence-corrected chi connectivity index (χ2v) is 7.00. The van der Waals surface area contributed by atoms with Gasteiger partial charge in [-0.2, -0.15) is 5.26 Å². The quantitative estimate of drug-likeness (QED) is 0.889. The standard InChI is InChI=1S/C12H15N3O2S/c1-12(2)5-9(12)7-15-18(16,17)11-4-3-10(6-13)14-8-11/h3-4,8-9,15H,5,7H2,1-2H3. The summed E-state index contributed by atoms with van der Waals surface area (Å²) in [6.07, 6.45) is 2.25. The van der Waals surface area contributed by atoms with Crippen molar-refractivity contribution in [3.8, 4) is 6.07 Å². The number of nitrogens with zero attached hydrogens (tertiary/aromatic N) is 2. The van der Waals surface area contributed by atoms with Gasteiger partial charge in [0, 0.05) is 12.7 Å². The van der Waals surface area contributed by atoms with Crippen LogP contribution in [0.2, 0.25) is 0 Å². The molecule has 1 aromatic rings. The molecule has 1 N–H and O–H groups in total. The molecule has 1 saturated carbocycles. The Bertz CT molecular complexity index is 585. The summed E-state index contributed by atoms with van der Waals surface area (Å²) in [4.78, 5) is 3.85. The Hall–Kier alpha value is -1.45. The van der Waals surface area contributed by atoms with Crippen LogP contribution in [0.1, 0.15) is 26.0 Å². The van der Waals surface area contributed by atoms with E-state index in [4.69, 9.17) is 5.26 Å². The minimum absolute atomic E-state index is 0.0972. The van der Waals surface area contributed by atoms with E-state index in [-0.39, 0.29) is 16.0 Å². The third-order valence-corrected chi connectivity index (χ3v) is 4.81. The van der Waals surface area contributed by atoms with E-state index in [9.17, 15) is 8.42 Å². The Morgan fingerprint density at radius 2 is 2.22 bits per heavy atom. The maximum atomic E-state index is 11.9. The monoisotopic (exact) mass is 265 g/mol. The van der Waals surface area contributed by atoms with Crippen LogP contribution in [0.25, 0.3) is 0 Å². The molecule has 0 aliphatic heterocycles. The first-order valence-corrected chi connectivity index (χ1v) is 7.19. The molecule has 96 valence electrons. The second kappa shape index (κ2) is 4.34. The van der Waals surface area contributed by atoms with Crippen LogP contribution in [0.4, 0.5) is 0 Å². The van der Waals surface area contributed by atoms with E-state index in [1.165, 1.54) is 18.3 Å². The van der Waals surface area contributed by atoms with Crippen molar-refractivity contribution in [1.82, 2.24) is 9.71 Å². The third kappa shape index (κ3) is 2.68. The predicted molar refractivity (Wildman–Crippen MR) is 66.0 cm³/mol. The zero-order valence-corrected chi connectivity index (χ0v) is 11.2. The molecular weight excluding hydrogens is 250 g/mol. The van der Waals surface area contributed by atoms with E-state index < -0.39 is 10.0 Å². The summed E-state index contributed by atoms with van der Waals surface area (Å²) in [7, 11) is -3.51. The fourth-order valence-corrected chi connectivity index (χ4v) is 2.85. The van der Waals surface area contributed by atoms with Gasteiger partial charge in [0.1, 0.15) is 16.7 Å². The summed E-state index contributed by atoms with van der Waals surface area (Å²) in [6.45, 7) is 4.69. The van der Waals surface area contributed by atoms with Crippen LogP contribution in [-0.2, 0) is 10.0 Å². The van der Waals surface area contributed by atoms with E-state index in [2.05, 4.69) is 23.6 Å². The van der Waals surface area contributed by atoms with Gasteiger partial charge in [-0.1, -0.05) is 13.8 Å². The van der Waals surface area contributed by atoms with Crippen LogP contribution in [-0.4, -0.2) is 19.9 Å². The highest BCUT2D eigenvalue weighted by Crippen LogP contribution is 2.51. The lowest BCUT2D eigenvalue weighted by molar-refractivity contribution is 0.537. The van der Waals surface area contributed by atoms with Gasteiger partial charge in [0.05, 0.1) is 0 Å². The number of sulfonamides is 1. The summed E-state index contributed by atoms with van der Waals surface area (Å²) in [5.74, 6) is 0.401.